The minimum absolute atomic E-state index is 0.363. The van der Waals surface area contributed by atoms with Gasteiger partial charge in [-0.1, -0.05) is 40.9 Å². The van der Waals surface area contributed by atoms with Crippen molar-refractivity contribution in [3.8, 4) is 5.75 Å². The lowest BCUT2D eigenvalue weighted by Crippen LogP contribution is -2.02. The number of aliphatic hydroxyl groups excluding tert-OH is 1. The second-order valence-electron chi connectivity index (χ2n) is 4.35. The first-order valence-electron chi connectivity index (χ1n) is 5.96. The van der Waals surface area contributed by atoms with Crippen LogP contribution in [0.1, 0.15) is 17.2 Å². The predicted molar refractivity (Wildman–Crippen MR) is 83.1 cm³/mol. The van der Waals surface area contributed by atoms with Crippen molar-refractivity contribution in [2.75, 3.05) is 7.11 Å². The number of benzene rings is 2. The molecule has 2 aromatic rings. The fraction of sp³-hybridized carbons (Fsp3) is 0.200. The number of methoxy groups -OCH3 is 1. The Morgan fingerprint density at radius 1 is 1.05 bits per heavy atom. The number of aliphatic hydroxyl groups is 1. The average molecular weight is 332 g/mol. The Hall–Kier alpha value is -0.930. The van der Waals surface area contributed by atoms with Crippen molar-refractivity contribution in [3.05, 3.63) is 62.6 Å². The number of hydrogen-bond donors (Lipinski definition) is 1. The maximum absolute atomic E-state index is 10.3. The van der Waals surface area contributed by atoms with Gasteiger partial charge in [0.1, 0.15) is 5.75 Å². The summed E-state index contributed by atoms with van der Waals surface area (Å²) >= 11 is 18.1. The van der Waals surface area contributed by atoms with Crippen molar-refractivity contribution in [3.63, 3.8) is 0 Å². The fourth-order valence-corrected chi connectivity index (χ4v) is 2.57. The van der Waals surface area contributed by atoms with Crippen LogP contribution < -0.4 is 4.74 Å². The van der Waals surface area contributed by atoms with Gasteiger partial charge in [-0.2, -0.15) is 0 Å². The first-order valence-corrected chi connectivity index (χ1v) is 7.10. The molecule has 106 valence electrons. The highest BCUT2D eigenvalue weighted by molar-refractivity contribution is 6.33. The van der Waals surface area contributed by atoms with E-state index in [1.165, 1.54) is 0 Å². The monoisotopic (exact) mass is 330 g/mol. The fourth-order valence-electron chi connectivity index (χ4n) is 1.92. The number of ether oxygens (including phenoxy) is 1. The molecule has 0 fully saturated rings. The summed E-state index contributed by atoms with van der Waals surface area (Å²) in [5.41, 5.74) is 1.49. The van der Waals surface area contributed by atoms with Crippen LogP contribution in [0.3, 0.4) is 0 Å². The van der Waals surface area contributed by atoms with E-state index in [0.717, 1.165) is 5.56 Å². The van der Waals surface area contributed by atoms with E-state index >= 15 is 0 Å². The lowest BCUT2D eigenvalue weighted by molar-refractivity contribution is 0.178. The van der Waals surface area contributed by atoms with Crippen LogP contribution in [0.5, 0.6) is 5.75 Å². The van der Waals surface area contributed by atoms with E-state index in [0.29, 0.717) is 32.8 Å². The Morgan fingerprint density at radius 2 is 1.80 bits per heavy atom. The molecule has 1 unspecified atom stereocenters. The molecule has 0 aliphatic rings. The lowest BCUT2D eigenvalue weighted by atomic mass is 10.0. The molecule has 2 aromatic carbocycles. The van der Waals surface area contributed by atoms with Crippen molar-refractivity contribution in [1.82, 2.24) is 0 Å². The molecule has 0 saturated carbocycles. The zero-order valence-corrected chi connectivity index (χ0v) is 13.0. The molecule has 0 amide bonds. The van der Waals surface area contributed by atoms with E-state index in [4.69, 9.17) is 39.5 Å². The molecular formula is C15H13Cl3O2. The summed E-state index contributed by atoms with van der Waals surface area (Å²) in [6.45, 7) is 0. The van der Waals surface area contributed by atoms with Crippen molar-refractivity contribution >= 4 is 34.8 Å². The van der Waals surface area contributed by atoms with Crippen LogP contribution >= 0.6 is 34.8 Å². The zero-order chi connectivity index (χ0) is 14.7. The molecule has 1 N–H and O–H groups in total. The van der Waals surface area contributed by atoms with Gasteiger partial charge in [0.05, 0.1) is 18.2 Å². The molecule has 0 bridgehead atoms. The quantitative estimate of drug-likeness (QED) is 0.860. The molecule has 0 saturated heterocycles. The highest BCUT2D eigenvalue weighted by Crippen LogP contribution is 2.30. The largest absolute Gasteiger partial charge is 0.495 e. The van der Waals surface area contributed by atoms with Crippen LogP contribution in [0.2, 0.25) is 15.1 Å². The van der Waals surface area contributed by atoms with Gasteiger partial charge in [-0.25, -0.2) is 0 Å². The maximum atomic E-state index is 10.3. The van der Waals surface area contributed by atoms with Crippen LogP contribution in [0.4, 0.5) is 0 Å². The Labute approximate surface area is 132 Å². The predicted octanol–water partition coefficient (Wildman–Crippen LogP) is 4.93. The van der Waals surface area contributed by atoms with E-state index in [9.17, 15) is 5.11 Å². The molecule has 20 heavy (non-hydrogen) atoms. The topological polar surface area (TPSA) is 29.5 Å². The SMILES string of the molecule is COc1ccc(C(O)Cc2cc(Cl)ccc2Cl)cc1Cl. The van der Waals surface area contributed by atoms with Crippen molar-refractivity contribution < 1.29 is 9.84 Å². The van der Waals surface area contributed by atoms with E-state index in [-0.39, 0.29) is 0 Å². The second kappa shape index (κ2) is 6.68. The Balaban J connectivity index is 2.21. The molecule has 0 aromatic heterocycles. The Bertz CT molecular complexity index is 614. The minimum Gasteiger partial charge on any atom is -0.495 e. The van der Waals surface area contributed by atoms with E-state index in [2.05, 4.69) is 0 Å². The third-order valence-corrected chi connectivity index (χ3v) is 3.88. The number of halogens is 3. The van der Waals surface area contributed by atoms with Gasteiger partial charge < -0.3 is 9.84 Å². The van der Waals surface area contributed by atoms with E-state index < -0.39 is 6.10 Å². The van der Waals surface area contributed by atoms with Gasteiger partial charge >= 0.3 is 0 Å². The van der Waals surface area contributed by atoms with Crippen LogP contribution in [0.25, 0.3) is 0 Å². The number of rotatable bonds is 4. The zero-order valence-electron chi connectivity index (χ0n) is 10.7. The summed E-state index contributed by atoms with van der Waals surface area (Å²) in [6, 6.07) is 10.4. The molecule has 0 aliphatic heterocycles. The van der Waals surface area contributed by atoms with Gasteiger partial charge in [-0.05, 0) is 41.5 Å². The van der Waals surface area contributed by atoms with Crippen molar-refractivity contribution in [2.24, 2.45) is 0 Å². The molecule has 0 spiro atoms. The van der Waals surface area contributed by atoms with Gasteiger partial charge in [-0.15, -0.1) is 0 Å². The summed E-state index contributed by atoms with van der Waals surface area (Å²) in [6.07, 6.45) is -0.350. The Kier molecular flexibility index (Phi) is 5.17. The summed E-state index contributed by atoms with van der Waals surface area (Å²) in [5, 5.41) is 11.9. The van der Waals surface area contributed by atoms with Gasteiger partial charge in [0.15, 0.2) is 0 Å². The van der Waals surface area contributed by atoms with Crippen LogP contribution in [-0.4, -0.2) is 12.2 Å². The molecule has 0 heterocycles. The first-order chi connectivity index (χ1) is 9.51. The maximum Gasteiger partial charge on any atom is 0.137 e. The Morgan fingerprint density at radius 3 is 2.45 bits per heavy atom. The average Bonchev–Trinajstić information content (AvgIpc) is 2.42. The molecule has 1 atom stereocenters. The summed E-state index contributed by atoms with van der Waals surface area (Å²) in [4.78, 5) is 0. The van der Waals surface area contributed by atoms with Gasteiger partial charge in [0, 0.05) is 16.5 Å². The summed E-state index contributed by atoms with van der Waals surface area (Å²) in [5.74, 6) is 0.573. The van der Waals surface area contributed by atoms with Crippen LogP contribution in [-0.2, 0) is 6.42 Å². The molecule has 2 rings (SSSR count). The van der Waals surface area contributed by atoms with E-state index in [1.54, 1.807) is 43.5 Å². The summed E-state index contributed by atoms with van der Waals surface area (Å²) in [7, 11) is 1.54. The first kappa shape index (κ1) is 15.5. The minimum atomic E-state index is -0.714. The van der Waals surface area contributed by atoms with Crippen molar-refractivity contribution in [1.29, 1.82) is 0 Å². The highest BCUT2D eigenvalue weighted by Gasteiger charge is 2.13. The standard InChI is InChI=1S/C15H13Cl3O2/c1-20-15-5-2-9(7-13(15)18)14(19)8-10-6-11(16)3-4-12(10)17/h2-7,14,19H,8H2,1H3. The van der Waals surface area contributed by atoms with Gasteiger partial charge in [0.25, 0.3) is 0 Å². The third kappa shape index (κ3) is 3.58. The van der Waals surface area contributed by atoms with Gasteiger partial charge in [-0.3, -0.25) is 0 Å². The highest BCUT2D eigenvalue weighted by atomic mass is 35.5. The lowest BCUT2D eigenvalue weighted by Gasteiger charge is -2.14. The third-order valence-electron chi connectivity index (χ3n) is 2.98. The number of hydrogen-bond acceptors (Lipinski definition) is 2. The molecule has 2 nitrogen and oxygen atoms in total. The molecular weight excluding hydrogens is 319 g/mol. The smallest absolute Gasteiger partial charge is 0.137 e. The summed E-state index contributed by atoms with van der Waals surface area (Å²) < 4.78 is 5.08. The normalized spacial score (nSPS) is 12.2. The molecule has 5 heteroatoms. The van der Waals surface area contributed by atoms with Crippen molar-refractivity contribution in [2.45, 2.75) is 12.5 Å². The van der Waals surface area contributed by atoms with E-state index in [1.807, 2.05) is 0 Å². The second-order valence-corrected chi connectivity index (χ2v) is 5.60. The van der Waals surface area contributed by atoms with Crippen LogP contribution in [0, 0.1) is 0 Å². The van der Waals surface area contributed by atoms with Gasteiger partial charge in [0.2, 0.25) is 0 Å². The van der Waals surface area contributed by atoms with Crippen LogP contribution in [0.15, 0.2) is 36.4 Å². The molecule has 0 radical (unpaired) electrons. The molecule has 0 aliphatic carbocycles.